The Bertz CT molecular complexity index is 1000. The van der Waals surface area contributed by atoms with Crippen molar-refractivity contribution in [3.05, 3.63) is 65.2 Å². The van der Waals surface area contributed by atoms with Crippen LogP contribution in [0.15, 0.2) is 48.5 Å². The second-order valence-corrected chi connectivity index (χ2v) is 11.8. The van der Waals surface area contributed by atoms with Gasteiger partial charge in [-0.15, -0.1) is 0 Å². The molecule has 1 fully saturated rings. The number of rotatable bonds is 10. The van der Waals surface area contributed by atoms with Crippen LogP contribution >= 0.6 is 0 Å². The van der Waals surface area contributed by atoms with Crippen molar-refractivity contribution < 1.29 is 14.7 Å². The Labute approximate surface area is 222 Å². The number of nitrogens with one attached hydrogen (secondary N) is 2. The van der Waals surface area contributed by atoms with Gasteiger partial charge in [-0.25, -0.2) is 4.79 Å². The highest BCUT2D eigenvalue weighted by molar-refractivity contribution is 5.89. The van der Waals surface area contributed by atoms with Gasteiger partial charge in [-0.3, -0.25) is 4.79 Å². The molecule has 0 bridgehead atoms. The van der Waals surface area contributed by atoms with Crippen LogP contribution in [0.2, 0.25) is 0 Å². The van der Waals surface area contributed by atoms with Crippen LogP contribution in [0.3, 0.4) is 0 Å². The summed E-state index contributed by atoms with van der Waals surface area (Å²) in [6, 6.07) is 16.6. The fourth-order valence-corrected chi connectivity index (χ4v) is 5.15. The minimum Gasteiger partial charge on any atom is -0.481 e. The van der Waals surface area contributed by atoms with Gasteiger partial charge in [0.05, 0.1) is 6.42 Å². The molecule has 37 heavy (non-hydrogen) atoms. The van der Waals surface area contributed by atoms with Crippen LogP contribution in [0, 0.1) is 11.3 Å². The molecule has 1 saturated carbocycles. The predicted molar refractivity (Wildman–Crippen MR) is 151 cm³/mol. The summed E-state index contributed by atoms with van der Waals surface area (Å²) in [5.41, 5.74) is 4.57. The number of carboxylic acid groups (broad SMARTS) is 1. The van der Waals surface area contributed by atoms with E-state index in [0.717, 1.165) is 42.5 Å². The number of hydrogen-bond donors (Lipinski definition) is 3. The van der Waals surface area contributed by atoms with Gasteiger partial charge in [0, 0.05) is 31.4 Å². The molecule has 0 saturated heterocycles. The molecule has 0 aliphatic heterocycles. The summed E-state index contributed by atoms with van der Waals surface area (Å²) in [6.45, 7) is 12.9. The third-order valence-electron chi connectivity index (χ3n) is 7.67. The molecule has 1 aliphatic carbocycles. The third-order valence-corrected chi connectivity index (χ3v) is 7.67. The first-order chi connectivity index (χ1) is 17.5. The van der Waals surface area contributed by atoms with Crippen LogP contribution in [0.25, 0.3) is 0 Å². The SMILES string of the molecule is CC(C)c1ccc(NC(=O)N(Cc2ccc(CNCCC(=O)O)cc2)C2CCC(C(C)(C)C)CC2)cc1. The van der Waals surface area contributed by atoms with Crippen molar-refractivity contribution in [1.82, 2.24) is 10.2 Å². The monoisotopic (exact) mass is 507 g/mol. The quantitative estimate of drug-likeness (QED) is 0.302. The molecule has 6 nitrogen and oxygen atoms in total. The molecule has 0 radical (unpaired) electrons. The van der Waals surface area contributed by atoms with E-state index in [1.54, 1.807) is 0 Å². The van der Waals surface area contributed by atoms with E-state index in [0.29, 0.717) is 36.9 Å². The molecule has 2 amide bonds. The van der Waals surface area contributed by atoms with Gasteiger partial charge in [0.1, 0.15) is 0 Å². The van der Waals surface area contributed by atoms with E-state index in [-0.39, 0.29) is 18.5 Å². The lowest BCUT2D eigenvalue weighted by molar-refractivity contribution is -0.136. The molecule has 6 heteroatoms. The Morgan fingerprint density at radius 2 is 1.54 bits per heavy atom. The normalized spacial score (nSPS) is 18.0. The number of nitrogens with zero attached hydrogens (tertiary/aromatic N) is 1. The molecule has 3 rings (SSSR count). The van der Waals surface area contributed by atoms with E-state index in [2.05, 4.69) is 81.7 Å². The summed E-state index contributed by atoms with van der Waals surface area (Å²) < 4.78 is 0. The van der Waals surface area contributed by atoms with Crippen LogP contribution in [-0.4, -0.2) is 34.6 Å². The first-order valence-electron chi connectivity index (χ1n) is 13.7. The van der Waals surface area contributed by atoms with Crippen molar-refractivity contribution >= 4 is 17.7 Å². The number of carboxylic acids is 1. The zero-order valence-electron chi connectivity index (χ0n) is 23.2. The number of benzene rings is 2. The molecule has 2 aromatic carbocycles. The van der Waals surface area contributed by atoms with Gasteiger partial charge in [0.15, 0.2) is 0 Å². The zero-order chi connectivity index (χ0) is 27.0. The molecule has 0 atom stereocenters. The van der Waals surface area contributed by atoms with E-state index < -0.39 is 5.97 Å². The van der Waals surface area contributed by atoms with Crippen LogP contribution < -0.4 is 10.6 Å². The second-order valence-electron chi connectivity index (χ2n) is 11.8. The highest BCUT2D eigenvalue weighted by Gasteiger charge is 2.33. The molecular weight excluding hydrogens is 462 g/mol. The maximum atomic E-state index is 13.6. The fraction of sp³-hybridized carbons (Fsp3) is 0.548. The lowest BCUT2D eigenvalue weighted by Crippen LogP contribution is -2.45. The first kappa shape index (κ1) is 28.7. The average Bonchev–Trinajstić information content (AvgIpc) is 2.85. The van der Waals surface area contributed by atoms with E-state index in [1.165, 1.54) is 5.56 Å². The molecule has 0 aromatic heterocycles. The molecular formula is C31H45N3O3. The van der Waals surface area contributed by atoms with Gasteiger partial charge in [-0.05, 0) is 71.8 Å². The average molecular weight is 508 g/mol. The maximum absolute atomic E-state index is 13.6. The molecule has 202 valence electrons. The Morgan fingerprint density at radius 1 is 0.946 bits per heavy atom. The van der Waals surface area contributed by atoms with Crippen LogP contribution in [-0.2, 0) is 17.9 Å². The van der Waals surface area contributed by atoms with Crippen LogP contribution in [0.1, 0.15) is 89.3 Å². The Balaban J connectivity index is 1.69. The summed E-state index contributed by atoms with van der Waals surface area (Å²) in [7, 11) is 0. The zero-order valence-corrected chi connectivity index (χ0v) is 23.2. The van der Waals surface area contributed by atoms with Crippen molar-refractivity contribution in [2.75, 3.05) is 11.9 Å². The lowest BCUT2D eigenvalue weighted by atomic mass is 9.71. The molecule has 2 aromatic rings. The molecule has 1 aliphatic rings. The minimum atomic E-state index is -0.798. The Kier molecular flexibility index (Phi) is 10.2. The van der Waals surface area contributed by atoms with Crippen molar-refractivity contribution in [1.29, 1.82) is 0 Å². The van der Waals surface area contributed by atoms with Gasteiger partial charge < -0.3 is 20.6 Å². The van der Waals surface area contributed by atoms with Crippen LogP contribution in [0.4, 0.5) is 10.5 Å². The van der Waals surface area contributed by atoms with Gasteiger partial charge in [-0.2, -0.15) is 0 Å². The fourth-order valence-electron chi connectivity index (χ4n) is 5.15. The number of anilines is 1. The first-order valence-corrected chi connectivity index (χ1v) is 13.7. The van der Waals surface area contributed by atoms with Crippen molar-refractivity contribution in [3.8, 4) is 0 Å². The number of aliphatic carboxylic acids is 1. The van der Waals surface area contributed by atoms with Crippen LogP contribution in [0.5, 0.6) is 0 Å². The maximum Gasteiger partial charge on any atom is 0.322 e. The molecule has 0 spiro atoms. The smallest absolute Gasteiger partial charge is 0.322 e. The lowest BCUT2D eigenvalue weighted by Gasteiger charge is -2.41. The van der Waals surface area contributed by atoms with Gasteiger partial charge >= 0.3 is 12.0 Å². The second kappa shape index (κ2) is 13.1. The summed E-state index contributed by atoms with van der Waals surface area (Å²) >= 11 is 0. The van der Waals surface area contributed by atoms with E-state index in [1.807, 2.05) is 17.0 Å². The van der Waals surface area contributed by atoms with Gasteiger partial charge in [0.25, 0.3) is 0 Å². The number of hydrogen-bond acceptors (Lipinski definition) is 3. The number of urea groups is 1. The van der Waals surface area contributed by atoms with E-state index in [9.17, 15) is 9.59 Å². The van der Waals surface area contributed by atoms with Gasteiger partial charge in [-0.1, -0.05) is 71.0 Å². The molecule has 0 heterocycles. The van der Waals surface area contributed by atoms with Crippen molar-refractivity contribution in [2.24, 2.45) is 11.3 Å². The summed E-state index contributed by atoms with van der Waals surface area (Å²) in [5.74, 6) is 0.341. The Morgan fingerprint density at radius 3 is 2.08 bits per heavy atom. The Hall–Kier alpha value is -2.86. The van der Waals surface area contributed by atoms with E-state index in [4.69, 9.17) is 5.11 Å². The largest absolute Gasteiger partial charge is 0.481 e. The number of amides is 2. The number of carbonyl (C=O) groups is 2. The number of carbonyl (C=O) groups excluding carboxylic acids is 1. The summed E-state index contributed by atoms with van der Waals surface area (Å²) in [4.78, 5) is 26.3. The van der Waals surface area contributed by atoms with Gasteiger partial charge in [0.2, 0.25) is 0 Å². The molecule has 3 N–H and O–H groups in total. The third kappa shape index (κ3) is 8.89. The van der Waals surface area contributed by atoms with E-state index >= 15 is 0 Å². The topological polar surface area (TPSA) is 81.7 Å². The highest BCUT2D eigenvalue weighted by atomic mass is 16.4. The predicted octanol–water partition coefficient (Wildman–Crippen LogP) is 7.01. The summed E-state index contributed by atoms with van der Waals surface area (Å²) in [6.07, 6.45) is 4.43. The highest BCUT2D eigenvalue weighted by Crippen LogP contribution is 2.39. The minimum absolute atomic E-state index is 0.0454. The standard InChI is InChI=1S/C31H45N3O3/c1-22(2)25-10-14-27(15-11-25)33-30(37)34(28-16-12-26(13-17-28)31(3,4)5)21-24-8-6-23(7-9-24)20-32-19-18-29(35)36/h6-11,14-15,22,26,28,32H,12-13,16-21H2,1-5H3,(H,33,37)(H,35,36). The molecule has 0 unspecified atom stereocenters. The summed E-state index contributed by atoms with van der Waals surface area (Å²) in [5, 5.41) is 15.1. The van der Waals surface area contributed by atoms with Crippen molar-refractivity contribution in [2.45, 2.75) is 91.8 Å². The van der Waals surface area contributed by atoms with Crippen molar-refractivity contribution in [3.63, 3.8) is 0 Å².